The van der Waals surface area contributed by atoms with Crippen molar-refractivity contribution in [2.45, 2.75) is 38.6 Å². The summed E-state index contributed by atoms with van der Waals surface area (Å²) in [6.07, 6.45) is 4.93. The Morgan fingerprint density at radius 1 is 1.10 bits per heavy atom. The second kappa shape index (κ2) is 7.55. The minimum absolute atomic E-state index is 0.272. The first-order chi connectivity index (χ1) is 10.2. The SMILES string of the molecule is CCCNC(CC1CC1)c1c(OC)cc(OC)cc1OC. The zero-order valence-electron chi connectivity index (χ0n) is 13.6. The van der Waals surface area contributed by atoms with Crippen molar-refractivity contribution in [2.24, 2.45) is 5.92 Å². The summed E-state index contributed by atoms with van der Waals surface area (Å²) in [7, 11) is 5.06. The molecule has 1 atom stereocenters. The lowest BCUT2D eigenvalue weighted by Gasteiger charge is -2.24. The van der Waals surface area contributed by atoms with Crippen molar-refractivity contribution >= 4 is 0 Å². The molecular weight excluding hydrogens is 266 g/mol. The Morgan fingerprint density at radius 3 is 2.14 bits per heavy atom. The van der Waals surface area contributed by atoms with E-state index in [-0.39, 0.29) is 6.04 Å². The number of rotatable bonds is 9. The molecule has 2 rings (SSSR count). The largest absolute Gasteiger partial charge is 0.496 e. The molecule has 0 radical (unpaired) electrons. The minimum atomic E-state index is 0.272. The van der Waals surface area contributed by atoms with Crippen LogP contribution in [0.1, 0.15) is 44.2 Å². The highest BCUT2D eigenvalue weighted by molar-refractivity contribution is 5.52. The van der Waals surface area contributed by atoms with Gasteiger partial charge in [-0.3, -0.25) is 0 Å². The third-order valence-electron chi connectivity index (χ3n) is 4.01. The molecular formula is C17H27NO3. The fourth-order valence-corrected chi connectivity index (χ4v) is 2.68. The quantitative estimate of drug-likeness (QED) is 0.756. The van der Waals surface area contributed by atoms with Crippen molar-refractivity contribution in [3.05, 3.63) is 17.7 Å². The van der Waals surface area contributed by atoms with E-state index in [4.69, 9.17) is 14.2 Å². The molecule has 4 heteroatoms. The van der Waals surface area contributed by atoms with Gasteiger partial charge in [0.25, 0.3) is 0 Å². The van der Waals surface area contributed by atoms with E-state index >= 15 is 0 Å². The highest BCUT2D eigenvalue weighted by atomic mass is 16.5. The number of nitrogens with one attached hydrogen (secondary N) is 1. The average Bonchev–Trinajstić information content (AvgIpc) is 3.34. The highest BCUT2D eigenvalue weighted by Crippen LogP contribution is 2.44. The molecule has 1 saturated carbocycles. The normalized spacial score (nSPS) is 15.6. The summed E-state index contributed by atoms with van der Waals surface area (Å²) in [4.78, 5) is 0. The molecule has 1 aromatic rings. The lowest BCUT2D eigenvalue weighted by molar-refractivity contribution is 0.351. The van der Waals surface area contributed by atoms with E-state index in [1.807, 2.05) is 12.1 Å². The maximum atomic E-state index is 5.59. The van der Waals surface area contributed by atoms with Crippen molar-refractivity contribution in [3.8, 4) is 17.2 Å². The molecule has 1 unspecified atom stereocenters. The fraction of sp³-hybridized carbons (Fsp3) is 0.647. The Morgan fingerprint density at radius 2 is 1.71 bits per heavy atom. The standard InChI is InChI=1S/C17H27NO3/c1-5-8-18-14(9-12-6-7-12)17-15(20-3)10-13(19-2)11-16(17)21-4/h10-12,14,18H,5-9H2,1-4H3. The average molecular weight is 293 g/mol. The Hall–Kier alpha value is -1.42. The van der Waals surface area contributed by atoms with Crippen LogP contribution in [0.25, 0.3) is 0 Å². The van der Waals surface area contributed by atoms with Gasteiger partial charge in [-0.05, 0) is 25.3 Å². The summed E-state index contributed by atoms with van der Waals surface area (Å²) < 4.78 is 16.5. The van der Waals surface area contributed by atoms with Crippen LogP contribution in [-0.4, -0.2) is 27.9 Å². The summed E-state index contributed by atoms with van der Waals surface area (Å²) in [5.74, 6) is 3.25. The Balaban J connectivity index is 2.35. The lowest BCUT2D eigenvalue weighted by atomic mass is 9.98. The van der Waals surface area contributed by atoms with Gasteiger partial charge in [0, 0.05) is 18.2 Å². The van der Waals surface area contributed by atoms with Crippen molar-refractivity contribution in [1.82, 2.24) is 5.32 Å². The van der Waals surface area contributed by atoms with E-state index in [0.29, 0.717) is 0 Å². The third-order valence-corrected chi connectivity index (χ3v) is 4.01. The van der Waals surface area contributed by atoms with Gasteiger partial charge >= 0.3 is 0 Å². The predicted molar refractivity (Wildman–Crippen MR) is 84.5 cm³/mol. The Labute approximate surface area is 127 Å². The van der Waals surface area contributed by atoms with Gasteiger partial charge in [-0.1, -0.05) is 19.8 Å². The molecule has 4 nitrogen and oxygen atoms in total. The molecule has 0 spiro atoms. The van der Waals surface area contributed by atoms with Gasteiger partial charge in [-0.2, -0.15) is 0 Å². The van der Waals surface area contributed by atoms with Crippen LogP contribution in [0.4, 0.5) is 0 Å². The molecule has 1 aliphatic carbocycles. The van der Waals surface area contributed by atoms with Crippen molar-refractivity contribution in [2.75, 3.05) is 27.9 Å². The van der Waals surface area contributed by atoms with Gasteiger partial charge in [0.05, 0.1) is 26.9 Å². The number of hydrogen-bond acceptors (Lipinski definition) is 4. The second-order valence-corrected chi connectivity index (χ2v) is 5.63. The van der Waals surface area contributed by atoms with Crippen molar-refractivity contribution < 1.29 is 14.2 Å². The van der Waals surface area contributed by atoms with Gasteiger partial charge in [-0.15, -0.1) is 0 Å². The van der Waals surface area contributed by atoms with Crippen LogP contribution in [0, 0.1) is 5.92 Å². The number of benzene rings is 1. The first kappa shape index (κ1) is 16.0. The monoisotopic (exact) mass is 293 g/mol. The van der Waals surface area contributed by atoms with Gasteiger partial charge in [0.2, 0.25) is 0 Å². The number of hydrogen-bond donors (Lipinski definition) is 1. The Bertz CT molecular complexity index is 432. The topological polar surface area (TPSA) is 39.7 Å². The summed E-state index contributed by atoms with van der Waals surface area (Å²) >= 11 is 0. The molecule has 0 heterocycles. The van der Waals surface area contributed by atoms with E-state index in [1.54, 1.807) is 21.3 Å². The van der Waals surface area contributed by atoms with Crippen LogP contribution < -0.4 is 19.5 Å². The maximum Gasteiger partial charge on any atom is 0.131 e. The van der Waals surface area contributed by atoms with E-state index in [1.165, 1.54) is 12.8 Å². The van der Waals surface area contributed by atoms with E-state index in [2.05, 4.69) is 12.2 Å². The number of ether oxygens (including phenoxy) is 3. The van der Waals surface area contributed by atoms with Crippen LogP contribution >= 0.6 is 0 Å². The molecule has 118 valence electrons. The molecule has 1 N–H and O–H groups in total. The zero-order valence-corrected chi connectivity index (χ0v) is 13.6. The number of methoxy groups -OCH3 is 3. The predicted octanol–water partition coefficient (Wildman–Crippen LogP) is 3.55. The van der Waals surface area contributed by atoms with E-state index < -0.39 is 0 Å². The molecule has 1 aromatic carbocycles. The second-order valence-electron chi connectivity index (χ2n) is 5.63. The van der Waals surface area contributed by atoms with Crippen LogP contribution in [0.15, 0.2) is 12.1 Å². The summed E-state index contributed by atoms with van der Waals surface area (Å²) in [6.45, 7) is 3.18. The molecule has 0 aromatic heterocycles. The van der Waals surface area contributed by atoms with Gasteiger partial charge in [-0.25, -0.2) is 0 Å². The van der Waals surface area contributed by atoms with Crippen LogP contribution in [0.3, 0.4) is 0 Å². The van der Waals surface area contributed by atoms with Crippen LogP contribution in [0.5, 0.6) is 17.2 Å². The molecule has 0 saturated heterocycles. The van der Waals surface area contributed by atoms with Crippen LogP contribution in [-0.2, 0) is 0 Å². The summed E-state index contributed by atoms with van der Waals surface area (Å²) in [6, 6.07) is 4.14. The molecule has 1 fully saturated rings. The van der Waals surface area contributed by atoms with Crippen molar-refractivity contribution in [1.29, 1.82) is 0 Å². The minimum Gasteiger partial charge on any atom is -0.496 e. The smallest absolute Gasteiger partial charge is 0.131 e. The summed E-state index contributed by atoms with van der Waals surface area (Å²) in [5, 5.41) is 3.64. The van der Waals surface area contributed by atoms with Gasteiger partial charge in [0.1, 0.15) is 17.2 Å². The molecule has 0 aliphatic heterocycles. The fourth-order valence-electron chi connectivity index (χ4n) is 2.68. The van der Waals surface area contributed by atoms with E-state index in [9.17, 15) is 0 Å². The maximum absolute atomic E-state index is 5.59. The first-order valence-electron chi connectivity index (χ1n) is 7.76. The van der Waals surface area contributed by atoms with Gasteiger partial charge < -0.3 is 19.5 Å². The van der Waals surface area contributed by atoms with Gasteiger partial charge in [0.15, 0.2) is 0 Å². The van der Waals surface area contributed by atoms with Crippen molar-refractivity contribution in [3.63, 3.8) is 0 Å². The Kier molecular flexibility index (Phi) is 5.74. The lowest BCUT2D eigenvalue weighted by Crippen LogP contribution is -2.23. The van der Waals surface area contributed by atoms with Crippen LogP contribution in [0.2, 0.25) is 0 Å². The molecule has 1 aliphatic rings. The first-order valence-corrected chi connectivity index (χ1v) is 7.76. The zero-order chi connectivity index (χ0) is 15.2. The summed E-state index contributed by atoms with van der Waals surface area (Å²) in [5.41, 5.74) is 1.11. The third kappa shape index (κ3) is 4.03. The molecule has 0 bridgehead atoms. The highest BCUT2D eigenvalue weighted by Gasteiger charge is 2.29. The van der Waals surface area contributed by atoms with E-state index in [0.717, 1.165) is 48.1 Å². The molecule has 0 amide bonds. The molecule has 21 heavy (non-hydrogen) atoms.